The monoisotopic (exact) mass is 256 g/mol. The smallest absolute Gasteiger partial charge is 0.150 e. The number of aryl methyl sites for hydroxylation is 1. The third kappa shape index (κ3) is 4.13. The Kier molecular flexibility index (Phi) is 5.65. The van der Waals surface area contributed by atoms with Gasteiger partial charge in [-0.25, -0.2) is 0 Å². The molecule has 0 aromatic carbocycles. The second-order valence-corrected chi connectivity index (χ2v) is 4.63. The second kappa shape index (κ2) is 6.77. The number of halogens is 1. The molecule has 4 nitrogen and oxygen atoms in total. The maximum atomic E-state index is 4.20. The summed E-state index contributed by atoms with van der Waals surface area (Å²) in [6.45, 7) is 5.32. The molecular formula is C12H21ClN4. The van der Waals surface area contributed by atoms with Crippen LogP contribution in [0.25, 0.3) is 0 Å². The van der Waals surface area contributed by atoms with E-state index in [9.17, 15) is 0 Å². The average molecular weight is 257 g/mol. The minimum atomic E-state index is 0. The Balaban J connectivity index is 0.00000144. The molecule has 1 aromatic heterocycles. The summed E-state index contributed by atoms with van der Waals surface area (Å²) >= 11 is 0. The molecule has 1 N–H and O–H groups in total. The summed E-state index contributed by atoms with van der Waals surface area (Å²) in [6.07, 6.45) is 2.61. The van der Waals surface area contributed by atoms with E-state index in [4.69, 9.17) is 0 Å². The summed E-state index contributed by atoms with van der Waals surface area (Å²) in [4.78, 5) is 2.20. The third-order valence-electron chi connectivity index (χ3n) is 3.11. The predicted octanol–water partition coefficient (Wildman–Crippen LogP) is 1.64. The van der Waals surface area contributed by atoms with Crippen LogP contribution in [0.2, 0.25) is 0 Å². The zero-order valence-electron chi connectivity index (χ0n) is 10.5. The fourth-order valence-electron chi connectivity index (χ4n) is 2.16. The van der Waals surface area contributed by atoms with E-state index < -0.39 is 0 Å². The summed E-state index contributed by atoms with van der Waals surface area (Å²) in [7, 11) is 2.09. The van der Waals surface area contributed by atoms with Crippen molar-refractivity contribution in [2.75, 3.05) is 31.6 Å². The molecule has 1 saturated heterocycles. The lowest BCUT2D eigenvalue weighted by molar-refractivity contribution is 0.380. The van der Waals surface area contributed by atoms with E-state index in [-0.39, 0.29) is 12.4 Å². The maximum absolute atomic E-state index is 4.20. The molecule has 0 aliphatic carbocycles. The molecule has 96 valence electrons. The Hall–Kier alpha value is -0.870. The first-order valence-corrected chi connectivity index (χ1v) is 5.98. The number of hydrogen-bond acceptors (Lipinski definition) is 4. The molecule has 1 unspecified atom stereocenters. The molecule has 0 saturated carbocycles. The number of hydrogen-bond donors (Lipinski definition) is 1. The molecule has 1 aliphatic rings. The number of piperidine rings is 1. The van der Waals surface area contributed by atoms with Crippen LogP contribution >= 0.6 is 12.4 Å². The summed E-state index contributed by atoms with van der Waals surface area (Å²) in [6, 6.07) is 4.05. The number of nitrogens with one attached hydrogen (secondary N) is 1. The maximum Gasteiger partial charge on any atom is 0.150 e. The van der Waals surface area contributed by atoms with E-state index in [0.717, 1.165) is 30.5 Å². The highest BCUT2D eigenvalue weighted by molar-refractivity contribution is 5.85. The molecule has 2 rings (SSSR count). The molecule has 1 aliphatic heterocycles. The minimum absolute atomic E-state index is 0. The highest BCUT2D eigenvalue weighted by Gasteiger charge is 2.15. The van der Waals surface area contributed by atoms with Crippen LogP contribution in [-0.2, 0) is 0 Å². The van der Waals surface area contributed by atoms with Gasteiger partial charge in [0.2, 0.25) is 0 Å². The zero-order valence-corrected chi connectivity index (χ0v) is 11.3. The summed E-state index contributed by atoms with van der Waals surface area (Å²) in [5.41, 5.74) is 0.969. The van der Waals surface area contributed by atoms with Gasteiger partial charge >= 0.3 is 0 Å². The van der Waals surface area contributed by atoms with Crippen LogP contribution < -0.4 is 10.2 Å². The Bertz CT molecular complexity index is 322. The Labute approximate surface area is 109 Å². The van der Waals surface area contributed by atoms with Crippen LogP contribution in [0.15, 0.2) is 12.1 Å². The lowest BCUT2D eigenvalue weighted by atomic mass is 9.99. The molecule has 0 amide bonds. The van der Waals surface area contributed by atoms with Crippen LogP contribution in [0.3, 0.4) is 0 Å². The third-order valence-corrected chi connectivity index (χ3v) is 3.11. The summed E-state index contributed by atoms with van der Waals surface area (Å²) in [5.74, 6) is 1.71. The van der Waals surface area contributed by atoms with Gasteiger partial charge in [0.1, 0.15) is 0 Å². The molecule has 2 heterocycles. The quantitative estimate of drug-likeness (QED) is 0.893. The fraction of sp³-hybridized carbons (Fsp3) is 0.667. The van der Waals surface area contributed by atoms with Crippen molar-refractivity contribution < 1.29 is 0 Å². The van der Waals surface area contributed by atoms with Crippen molar-refractivity contribution in [2.24, 2.45) is 5.92 Å². The first-order valence-electron chi connectivity index (χ1n) is 5.98. The SMILES string of the molecule is Cc1ccc(N(C)CC2CCCNC2)nn1.Cl. The van der Waals surface area contributed by atoms with Crippen LogP contribution in [0.5, 0.6) is 0 Å². The predicted molar refractivity (Wildman–Crippen MR) is 72.9 cm³/mol. The van der Waals surface area contributed by atoms with E-state index >= 15 is 0 Å². The number of anilines is 1. The van der Waals surface area contributed by atoms with Crippen molar-refractivity contribution in [3.8, 4) is 0 Å². The molecule has 0 radical (unpaired) electrons. The van der Waals surface area contributed by atoms with Crippen molar-refractivity contribution in [3.05, 3.63) is 17.8 Å². The van der Waals surface area contributed by atoms with E-state index in [1.54, 1.807) is 0 Å². The van der Waals surface area contributed by atoms with Gasteiger partial charge in [0.05, 0.1) is 5.69 Å². The zero-order chi connectivity index (χ0) is 11.4. The van der Waals surface area contributed by atoms with Gasteiger partial charge in [-0.05, 0) is 50.9 Å². The second-order valence-electron chi connectivity index (χ2n) is 4.63. The first kappa shape index (κ1) is 14.2. The van der Waals surface area contributed by atoms with Crippen LogP contribution in [-0.4, -0.2) is 36.9 Å². The van der Waals surface area contributed by atoms with Crippen molar-refractivity contribution in [1.29, 1.82) is 0 Å². The first-order chi connectivity index (χ1) is 7.75. The normalized spacial score (nSPS) is 19.5. The van der Waals surface area contributed by atoms with Gasteiger partial charge in [-0.15, -0.1) is 17.5 Å². The standard InChI is InChI=1S/C12H20N4.ClH/c1-10-5-6-12(15-14-10)16(2)9-11-4-3-7-13-8-11;/h5-6,11,13H,3-4,7-9H2,1-2H3;1H. The molecule has 17 heavy (non-hydrogen) atoms. The van der Waals surface area contributed by atoms with Gasteiger partial charge in [0, 0.05) is 13.6 Å². The van der Waals surface area contributed by atoms with Gasteiger partial charge < -0.3 is 10.2 Å². The molecule has 0 spiro atoms. The molecule has 1 fully saturated rings. The van der Waals surface area contributed by atoms with Gasteiger partial charge in [-0.1, -0.05) is 0 Å². The van der Waals surface area contributed by atoms with Crippen LogP contribution in [0.1, 0.15) is 18.5 Å². The summed E-state index contributed by atoms with van der Waals surface area (Å²) in [5, 5.41) is 11.7. The fourth-order valence-corrected chi connectivity index (χ4v) is 2.16. The topological polar surface area (TPSA) is 41.0 Å². The van der Waals surface area contributed by atoms with Crippen molar-refractivity contribution in [2.45, 2.75) is 19.8 Å². The van der Waals surface area contributed by atoms with Gasteiger partial charge in [-0.3, -0.25) is 0 Å². The van der Waals surface area contributed by atoms with Crippen LogP contribution in [0.4, 0.5) is 5.82 Å². The van der Waals surface area contributed by atoms with E-state index in [2.05, 4.69) is 27.5 Å². The average Bonchev–Trinajstić information content (AvgIpc) is 2.31. The number of rotatable bonds is 3. The molecule has 1 aromatic rings. The Morgan fingerprint density at radius 3 is 2.82 bits per heavy atom. The summed E-state index contributed by atoms with van der Waals surface area (Å²) < 4.78 is 0. The minimum Gasteiger partial charge on any atom is -0.358 e. The van der Waals surface area contributed by atoms with Crippen molar-refractivity contribution >= 4 is 18.2 Å². The van der Waals surface area contributed by atoms with E-state index in [1.165, 1.54) is 19.4 Å². The van der Waals surface area contributed by atoms with Gasteiger partial charge in [-0.2, -0.15) is 5.10 Å². The molecule has 0 bridgehead atoms. The largest absolute Gasteiger partial charge is 0.358 e. The van der Waals surface area contributed by atoms with Crippen molar-refractivity contribution in [1.82, 2.24) is 15.5 Å². The Morgan fingerprint density at radius 2 is 2.24 bits per heavy atom. The van der Waals surface area contributed by atoms with Crippen molar-refractivity contribution in [3.63, 3.8) is 0 Å². The Morgan fingerprint density at radius 1 is 1.41 bits per heavy atom. The molecule has 5 heteroatoms. The lowest BCUT2D eigenvalue weighted by Crippen LogP contribution is -2.37. The highest BCUT2D eigenvalue weighted by atomic mass is 35.5. The molecular weight excluding hydrogens is 236 g/mol. The van der Waals surface area contributed by atoms with E-state index in [1.807, 2.05) is 19.1 Å². The van der Waals surface area contributed by atoms with Gasteiger partial charge in [0.25, 0.3) is 0 Å². The number of aromatic nitrogens is 2. The highest BCUT2D eigenvalue weighted by Crippen LogP contribution is 2.14. The van der Waals surface area contributed by atoms with Gasteiger partial charge in [0.15, 0.2) is 5.82 Å². The molecule has 1 atom stereocenters. The number of nitrogens with zero attached hydrogens (tertiary/aromatic N) is 3. The lowest BCUT2D eigenvalue weighted by Gasteiger charge is -2.27. The van der Waals surface area contributed by atoms with Crippen LogP contribution in [0, 0.1) is 12.8 Å². The van der Waals surface area contributed by atoms with E-state index in [0.29, 0.717) is 0 Å².